The molecule has 0 aromatic carbocycles. The predicted octanol–water partition coefficient (Wildman–Crippen LogP) is 3.90. The molecule has 0 bridgehead atoms. The fourth-order valence-corrected chi connectivity index (χ4v) is 5.08. The first-order valence-corrected chi connectivity index (χ1v) is 11.8. The van der Waals surface area contributed by atoms with E-state index in [0.717, 1.165) is 14.4 Å². The number of unbranched alkanes of at least 4 members (excludes halogenated alkanes) is 1. The first-order chi connectivity index (χ1) is 14.3. The summed E-state index contributed by atoms with van der Waals surface area (Å²) < 4.78 is 6.65. The van der Waals surface area contributed by atoms with Crippen molar-refractivity contribution in [1.82, 2.24) is 0 Å². The summed E-state index contributed by atoms with van der Waals surface area (Å²) in [6, 6.07) is 1.89. The number of aliphatic hydroxyl groups excluding tert-OH is 2. The Labute approximate surface area is 191 Å². The summed E-state index contributed by atoms with van der Waals surface area (Å²) >= 11 is 4.97. The van der Waals surface area contributed by atoms with Gasteiger partial charge in [0.05, 0.1) is 0 Å². The summed E-state index contributed by atoms with van der Waals surface area (Å²) in [6.07, 6.45) is 9.17. The number of aryl methyl sites for hydroxylation is 1. The number of allylic oxidation sites excluding steroid dienone is 3. The molecule has 1 radical (unpaired) electrons. The zero-order valence-corrected chi connectivity index (χ0v) is 19.5. The van der Waals surface area contributed by atoms with Crippen LogP contribution in [0.15, 0.2) is 34.8 Å². The number of hydrogen-bond donors (Lipinski definition) is 3. The molecule has 1 heterocycles. The maximum atomic E-state index is 10.6. The molecule has 163 valence electrons. The topological polar surface area (TPSA) is 87.0 Å². The number of thiophene rings is 1. The molecule has 1 aromatic rings. The first-order valence-electron chi connectivity index (χ1n) is 10.2. The van der Waals surface area contributed by atoms with Gasteiger partial charge in [0.1, 0.15) is 0 Å². The van der Waals surface area contributed by atoms with Crippen LogP contribution in [0, 0.1) is 24.7 Å². The fraction of sp³-hybridized carbons (Fsp3) is 0.545. The second kappa shape index (κ2) is 12.6. The molecular weight excluding hydrogens is 467 g/mol. The molecule has 0 aliphatic heterocycles. The Kier molecular flexibility index (Phi) is 10.5. The molecule has 0 spiro atoms. The van der Waals surface area contributed by atoms with Crippen molar-refractivity contribution in [1.29, 1.82) is 0 Å². The summed E-state index contributed by atoms with van der Waals surface area (Å²) in [4.78, 5) is 11.7. The van der Waals surface area contributed by atoms with E-state index in [0.29, 0.717) is 25.7 Å². The fourth-order valence-electron chi connectivity index (χ4n) is 3.72. The monoisotopic (exact) mass is 495 g/mol. The van der Waals surface area contributed by atoms with Gasteiger partial charge in [0, 0.05) is 0 Å². The first kappa shape index (κ1) is 25.0. The van der Waals surface area contributed by atoms with Crippen LogP contribution < -0.4 is 4.74 Å². The van der Waals surface area contributed by atoms with Gasteiger partial charge in [0.15, 0.2) is 0 Å². The Balaban J connectivity index is 1.89. The van der Waals surface area contributed by atoms with Crippen molar-refractivity contribution in [2.45, 2.75) is 51.2 Å². The third kappa shape index (κ3) is 7.80. The van der Waals surface area contributed by atoms with E-state index in [1.165, 1.54) is 11.3 Å². The molecule has 5 nitrogen and oxygen atoms in total. The molecule has 3 N–H and O–H groups in total. The minimum absolute atomic E-state index is 0.00536. The summed E-state index contributed by atoms with van der Waals surface area (Å²) in [5.41, 5.74) is 0. The van der Waals surface area contributed by atoms with Gasteiger partial charge in [0.25, 0.3) is 0 Å². The number of aliphatic carboxylic acids is 1. The van der Waals surface area contributed by atoms with Crippen molar-refractivity contribution >= 4 is 46.7 Å². The zero-order chi connectivity index (χ0) is 22.1. The van der Waals surface area contributed by atoms with Crippen LogP contribution in [0.3, 0.4) is 0 Å². The second-order valence-corrected chi connectivity index (χ2v) is 9.70. The molecule has 1 aliphatic rings. The zero-order valence-electron chi connectivity index (χ0n) is 17.1. The Bertz CT molecular complexity index is 743. The maximum absolute atomic E-state index is 10.6. The number of aliphatic hydroxyl groups is 2. The van der Waals surface area contributed by atoms with E-state index < -0.39 is 18.2 Å². The number of halogens is 1. The summed E-state index contributed by atoms with van der Waals surface area (Å²) in [6.45, 7) is 2.15. The number of carboxylic acids is 1. The third-order valence-electron chi connectivity index (χ3n) is 5.37. The Hall–Kier alpha value is -1.22. The van der Waals surface area contributed by atoms with Crippen LogP contribution >= 0.6 is 27.3 Å². The number of ether oxygens (including phenoxy) is 1. The molecule has 30 heavy (non-hydrogen) atoms. The van der Waals surface area contributed by atoms with Gasteiger partial charge in [-0.1, -0.05) is 0 Å². The van der Waals surface area contributed by atoms with E-state index >= 15 is 0 Å². The molecule has 0 amide bonds. The Morgan fingerprint density at radius 1 is 1.47 bits per heavy atom. The van der Waals surface area contributed by atoms with E-state index in [9.17, 15) is 15.0 Å². The average molecular weight is 496 g/mol. The predicted molar refractivity (Wildman–Crippen MR) is 126 cm³/mol. The number of rotatable bonds is 12. The summed E-state index contributed by atoms with van der Waals surface area (Å²) in [5.74, 6) is 0.923. The van der Waals surface area contributed by atoms with Gasteiger partial charge in [-0.2, -0.15) is 0 Å². The normalized spacial score (nSPS) is 25.2. The average Bonchev–Trinajstić information content (AvgIpc) is 3.19. The van der Waals surface area contributed by atoms with Crippen LogP contribution in [-0.4, -0.2) is 53.6 Å². The van der Waals surface area contributed by atoms with Gasteiger partial charge in [-0.05, 0) is 0 Å². The van der Waals surface area contributed by atoms with Crippen molar-refractivity contribution in [2.24, 2.45) is 17.8 Å². The van der Waals surface area contributed by atoms with Crippen molar-refractivity contribution in [3.05, 3.63) is 39.7 Å². The Morgan fingerprint density at radius 3 is 2.87 bits per heavy atom. The summed E-state index contributed by atoms with van der Waals surface area (Å²) in [5, 5.41) is 30.2. The molecule has 5 atom stereocenters. The van der Waals surface area contributed by atoms with Gasteiger partial charge < -0.3 is 0 Å². The van der Waals surface area contributed by atoms with E-state index in [1.807, 2.05) is 31.2 Å². The van der Waals surface area contributed by atoms with Crippen LogP contribution in [-0.2, 0) is 4.79 Å². The van der Waals surface area contributed by atoms with Crippen molar-refractivity contribution in [3.63, 3.8) is 0 Å². The van der Waals surface area contributed by atoms with Gasteiger partial charge >= 0.3 is 192 Å². The van der Waals surface area contributed by atoms with Crippen molar-refractivity contribution < 1.29 is 24.9 Å². The molecule has 1 aromatic heterocycles. The van der Waals surface area contributed by atoms with E-state index in [2.05, 4.69) is 15.9 Å². The molecule has 8 heteroatoms. The molecule has 0 saturated heterocycles. The molecule has 1 saturated carbocycles. The van der Waals surface area contributed by atoms with Crippen LogP contribution in [0.1, 0.15) is 37.0 Å². The SMILES string of the molecule is [B]=C[C@@H]1CC(O)[C@H](C/C=C\CCCC(=O)O)[C@H]1/C=C/[C@@H](O)COc1cc(Br)c(C)s1. The van der Waals surface area contributed by atoms with E-state index in [4.69, 9.17) is 17.3 Å². The number of hydrogen-bond acceptors (Lipinski definition) is 5. The van der Waals surface area contributed by atoms with Gasteiger partial charge in [-0.15, -0.1) is 0 Å². The van der Waals surface area contributed by atoms with Crippen LogP contribution in [0.4, 0.5) is 0 Å². The molecule has 1 fully saturated rings. The molecule has 1 unspecified atom stereocenters. The van der Waals surface area contributed by atoms with Crippen molar-refractivity contribution in [2.75, 3.05) is 6.61 Å². The Morgan fingerprint density at radius 2 is 2.23 bits per heavy atom. The second-order valence-electron chi connectivity index (χ2n) is 7.63. The number of carbonyl (C=O) groups is 1. The molecule has 2 rings (SSSR count). The molecular formula is C22H29BBrO5S. The van der Waals surface area contributed by atoms with Crippen LogP contribution in [0.2, 0.25) is 0 Å². The standard InChI is InChI=1S/C22H29BBrO5S/c1-14-19(24)11-22(30-14)29-13-16(25)8-9-17-15(12-23)10-20(26)18(17)6-4-2-3-5-7-21(27)28/h2,4,8-9,11-12,15-18,20,25-26H,3,5-7,10,13H2,1H3,(H,27,28)/b4-2-,9-8+/t15-,16+,17-,18+,20?/m0/s1. The van der Waals surface area contributed by atoms with E-state index in [1.54, 1.807) is 12.0 Å². The third-order valence-corrected chi connectivity index (χ3v) is 7.42. The van der Waals surface area contributed by atoms with Gasteiger partial charge in [0.2, 0.25) is 0 Å². The minimum atomic E-state index is -0.787. The van der Waals surface area contributed by atoms with Crippen LogP contribution in [0.5, 0.6) is 5.06 Å². The van der Waals surface area contributed by atoms with E-state index in [-0.39, 0.29) is 30.8 Å². The van der Waals surface area contributed by atoms with Gasteiger partial charge in [-0.3, -0.25) is 0 Å². The van der Waals surface area contributed by atoms with Crippen molar-refractivity contribution in [3.8, 4) is 5.06 Å². The molecule has 1 aliphatic carbocycles. The summed E-state index contributed by atoms with van der Waals surface area (Å²) in [7, 11) is 5.80. The number of carboxylic acid groups (broad SMARTS) is 1. The quantitative estimate of drug-likeness (QED) is 0.232. The van der Waals surface area contributed by atoms with Gasteiger partial charge in [-0.25, -0.2) is 0 Å². The van der Waals surface area contributed by atoms with Crippen LogP contribution in [0.25, 0.3) is 0 Å².